The highest BCUT2D eigenvalue weighted by molar-refractivity contribution is 7.47. The van der Waals surface area contributed by atoms with Crippen molar-refractivity contribution in [3.8, 4) is 0 Å². The number of likely N-dealkylation sites (N-methyl/N-ethyl adjacent to an activating group) is 1. The van der Waals surface area contributed by atoms with Crippen molar-refractivity contribution in [2.45, 2.75) is 141 Å². The maximum Gasteiger partial charge on any atom is 0.472 e. The Morgan fingerprint density at radius 3 is 1.88 bits per heavy atom. The van der Waals surface area contributed by atoms with E-state index in [1.54, 1.807) is 5.57 Å². The van der Waals surface area contributed by atoms with Gasteiger partial charge in [0.2, 0.25) is 0 Å². The van der Waals surface area contributed by atoms with Crippen LogP contribution in [0.3, 0.4) is 0 Å². The van der Waals surface area contributed by atoms with Gasteiger partial charge in [0.1, 0.15) is 12.1 Å². The second-order valence-electron chi connectivity index (χ2n) is 11.7. The largest absolute Gasteiger partial charge is 0.472 e. The minimum absolute atomic E-state index is 0.195. The Bertz CT molecular complexity index is 598. The van der Waals surface area contributed by atoms with E-state index < -0.39 is 7.82 Å². The van der Waals surface area contributed by atoms with Crippen molar-refractivity contribution in [3.63, 3.8) is 0 Å². The zero-order valence-corrected chi connectivity index (χ0v) is 23.5. The fourth-order valence-corrected chi connectivity index (χ4v) is 6.66. The second-order valence-corrected chi connectivity index (χ2v) is 13.1. The van der Waals surface area contributed by atoms with Crippen molar-refractivity contribution >= 4 is 7.82 Å². The highest BCUT2D eigenvalue weighted by atomic mass is 31.2. The van der Waals surface area contributed by atoms with Gasteiger partial charge in [-0.05, 0) is 57.8 Å². The van der Waals surface area contributed by atoms with Crippen LogP contribution in [0.4, 0.5) is 0 Å². The quantitative estimate of drug-likeness (QED) is 0.150. The number of allylic oxidation sites excluding steroid dienone is 2. The lowest BCUT2D eigenvalue weighted by molar-refractivity contribution is -0.898. The molecule has 6 heteroatoms. The van der Waals surface area contributed by atoms with Gasteiger partial charge in [-0.3, -0.25) is 9.05 Å². The molecule has 0 radical (unpaired) electrons. The highest BCUT2D eigenvalue weighted by Gasteiger charge is 2.42. The van der Waals surface area contributed by atoms with Gasteiger partial charge in [-0.2, -0.15) is 0 Å². The predicted molar refractivity (Wildman–Crippen MR) is 143 cm³/mol. The van der Waals surface area contributed by atoms with Gasteiger partial charge < -0.3 is 9.38 Å². The van der Waals surface area contributed by atoms with E-state index in [1.165, 1.54) is 89.9 Å². The molecule has 34 heavy (non-hydrogen) atoms. The van der Waals surface area contributed by atoms with Crippen LogP contribution in [0.15, 0.2) is 11.6 Å². The molecule has 200 valence electrons. The average Bonchev–Trinajstić information content (AvgIpc) is 3.22. The molecule has 2 saturated carbocycles. The van der Waals surface area contributed by atoms with Crippen LogP contribution < -0.4 is 0 Å². The van der Waals surface area contributed by atoms with E-state index in [-0.39, 0.29) is 12.1 Å². The van der Waals surface area contributed by atoms with Crippen molar-refractivity contribution in [1.29, 1.82) is 0 Å². The molecule has 2 aliphatic rings. The van der Waals surface area contributed by atoms with Gasteiger partial charge in [0, 0.05) is 6.42 Å². The van der Waals surface area contributed by atoms with Gasteiger partial charge >= 0.3 is 7.82 Å². The van der Waals surface area contributed by atoms with Crippen LogP contribution in [-0.2, 0) is 13.6 Å². The first kappa shape index (κ1) is 30.0. The van der Waals surface area contributed by atoms with Gasteiger partial charge in [-0.15, -0.1) is 0 Å². The number of nitrogens with zero attached hydrogens (tertiary/aromatic N) is 1. The van der Waals surface area contributed by atoms with E-state index in [4.69, 9.17) is 9.05 Å². The number of phosphoric acid groups is 1. The van der Waals surface area contributed by atoms with Gasteiger partial charge in [-0.25, -0.2) is 4.57 Å². The molecule has 0 spiro atoms. The van der Waals surface area contributed by atoms with Gasteiger partial charge in [0.25, 0.3) is 0 Å². The predicted octanol–water partition coefficient (Wildman–Crippen LogP) is 8.32. The summed E-state index contributed by atoms with van der Waals surface area (Å²) in [7, 11) is 2.38. The lowest BCUT2D eigenvalue weighted by Crippen LogP contribution is -2.49. The lowest BCUT2D eigenvalue weighted by atomic mass is 9.98. The minimum Gasteiger partial charge on any atom is -0.326 e. The van der Waals surface area contributed by atoms with Gasteiger partial charge in [0.05, 0.1) is 27.7 Å². The Balaban J connectivity index is 1.67. The summed E-state index contributed by atoms with van der Waals surface area (Å²) in [6.45, 7) is 0.290. The molecule has 0 aromatic heterocycles. The Labute approximate surface area is 210 Å². The first-order valence-corrected chi connectivity index (χ1v) is 15.9. The van der Waals surface area contributed by atoms with Crippen molar-refractivity contribution < 1.29 is 23.0 Å². The first-order chi connectivity index (χ1) is 16.3. The molecule has 0 amide bonds. The van der Waals surface area contributed by atoms with E-state index in [1.807, 2.05) is 0 Å². The molecular formula is C28H55NO4P+. The fourth-order valence-electron chi connectivity index (χ4n) is 5.65. The molecule has 0 bridgehead atoms. The summed E-state index contributed by atoms with van der Waals surface area (Å²) in [4.78, 5) is 10.2. The summed E-state index contributed by atoms with van der Waals surface area (Å²) in [6, 6.07) is 0.250. The number of quaternary nitrogens is 1. The number of phosphoric ester groups is 1. The molecule has 2 aliphatic carbocycles. The monoisotopic (exact) mass is 500 g/mol. The molecule has 0 aliphatic heterocycles. The summed E-state index contributed by atoms with van der Waals surface area (Å²) < 4.78 is 24.1. The van der Waals surface area contributed by atoms with E-state index >= 15 is 0 Å². The maximum atomic E-state index is 12.5. The first-order valence-electron chi connectivity index (χ1n) is 14.4. The van der Waals surface area contributed by atoms with Crippen LogP contribution in [0.5, 0.6) is 0 Å². The third-order valence-corrected chi connectivity index (χ3v) is 8.76. The van der Waals surface area contributed by atoms with Gasteiger partial charge in [0.15, 0.2) is 0 Å². The Morgan fingerprint density at radius 1 is 0.824 bits per heavy atom. The van der Waals surface area contributed by atoms with Crippen LogP contribution in [0.1, 0.15) is 128 Å². The van der Waals surface area contributed by atoms with Crippen molar-refractivity contribution in [1.82, 2.24) is 0 Å². The minimum atomic E-state index is -3.99. The molecule has 0 heterocycles. The van der Waals surface area contributed by atoms with Crippen molar-refractivity contribution in [3.05, 3.63) is 11.6 Å². The highest BCUT2D eigenvalue weighted by Crippen LogP contribution is 2.48. The molecule has 1 unspecified atom stereocenters. The summed E-state index contributed by atoms with van der Waals surface area (Å²) >= 11 is 0. The molecule has 3 atom stereocenters. The molecule has 2 fully saturated rings. The van der Waals surface area contributed by atoms with Gasteiger partial charge in [-0.1, -0.05) is 75.9 Å². The Morgan fingerprint density at radius 2 is 1.35 bits per heavy atom. The Hall–Kier alpha value is -0.190. The molecule has 5 nitrogen and oxygen atoms in total. The number of hydrogen-bond donors (Lipinski definition) is 1. The third-order valence-electron chi connectivity index (χ3n) is 7.71. The van der Waals surface area contributed by atoms with Crippen LogP contribution in [-0.4, -0.2) is 49.3 Å². The molecule has 1 N–H and O–H groups in total. The molecular weight excluding hydrogens is 445 g/mol. The average molecular weight is 501 g/mol. The molecule has 2 rings (SSSR count). The zero-order chi connectivity index (χ0) is 24.7. The normalized spacial score (nSPS) is 26.4. The van der Waals surface area contributed by atoms with Crippen molar-refractivity contribution in [2.24, 2.45) is 0 Å². The molecule has 0 aromatic rings. The topological polar surface area (TPSA) is 55.8 Å². The second kappa shape index (κ2) is 16.5. The molecule has 0 aromatic carbocycles. The summed E-state index contributed by atoms with van der Waals surface area (Å²) in [6.07, 6.45) is 27.2. The van der Waals surface area contributed by atoms with E-state index in [2.05, 4.69) is 27.2 Å². The van der Waals surface area contributed by atoms with E-state index in [0.717, 1.165) is 43.0 Å². The standard InChI is InChI=1S/C28H54NO4P/c1-29(2,3)27-23-19-24-28(27)33-34(30,31)32-25-18-14-17-22-26-20-15-12-10-8-6-4-5-7-9-11-13-16-21-26/h22,27-28H,4-21,23-25H2,1-3H3/p+1/t27-,28-/m1/s1. The lowest BCUT2D eigenvalue weighted by Gasteiger charge is -2.35. The number of unbranched alkanes of at least 4 members (excludes halogenated alkanes) is 2. The van der Waals surface area contributed by atoms with E-state index in [9.17, 15) is 9.46 Å². The van der Waals surface area contributed by atoms with Crippen LogP contribution in [0, 0.1) is 0 Å². The number of rotatable bonds is 9. The van der Waals surface area contributed by atoms with E-state index in [0.29, 0.717) is 6.61 Å². The maximum absolute atomic E-state index is 12.5. The van der Waals surface area contributed by atoms with Crippen LogP contribution in [0.25, 0.3) is 0 Å². The smallest absolute Gasteiger partial charge is 0.326 e. The third kappa shape index (κ3) is 13.2. The Kier molecular flexibility index (Phi) is 14.6. The SMILES string of the molecule is C[N+](C)(C)[C@@H]1CCC[C@H]1OP(=O)(O)OCCCCC=C1CCCCCCCCCCCCCC1. The summed E-state index contributed by atoms with van der Waals surface area (Å²) in [5, 5.41) is 0. The van der Waals surface area contributed by atoms with Crippen LogP contribution in [0.2, 0.25) is 0 Å². The zero-order valence-electron chi connectivity index (χ0n) is 22.6. The molecule has 0 saturated heterocycles. The van der Waals surface area contributed by atoms with Crippen LogP contribution >= 0.6 is 7.82 Å². The summed E-state index contributed by atoms with van der Waals surface area (Å²) in [5.74, 6) is 0. The number of hydrogen-bond acceptors (Lipinski definition) is 3. The summed E-state index contributed by atoms with van der Waals surface area (Å²) in [5.41, 5.74) is 1.64. The van der Waals surface area contributed by atoms with Crippen molar-refractivity contribution in [2.75, 3.05) is 27.7 Å². The fraction of sp³-hybridized carbons (Fsp3) is 0.929.